The van der Waals surface area contributed by atoms with Gasteiger partial charge in [-0.05, 0) is 6.92 Å². The first-order valence-corrected chi connectivity index (χ1v) is 4.62. The van der Waals surface area contributed by atoms with Crippen LogP contribution in [0.15, 0.2) is 17.2 Å². The minimum absolute atomic E-state index is 0.846. The van der Waals surface area contributed by atoms with Crippen molar-refractivity contribution in [3.8, 4) is 11.5 Å². The lowest BCUT2D eigenvalue weighted by Crippen LogP contribution is -1.95. The largest absolute Gasteiger partial charge is 0.313 e. The molecule has 0 saturated heterocycles. The summed E-state index contributed by atoms with van der Waals surface area (Å²) in [4.78, 5) is 4.16. The molecule has 0 aliphatic heterocycles. The molecule has 0 unspecified atom stereocenters. The molecule has 0 bridgehead atoms. The quantitative estimate of drug-likeness (QED) is 0.702. The van der Waals surface area contributed by atoms with Crippen molar-refractivity contribution < 1.29 is 0 Å². The van der Waals surface area contributed by atoms with E-state index in [4.69, 9.17) is 0 Å². The molecule has 0 saturated carbocycles. The van der Waals surface area contributed by atoms with E-state index in [9.17, 15) is 0 Å². The molecule has 2 aromatic rings. The van der Waals surface area contributed by atoms with Gasteiger partial charge in [-0.1, -0.05) is 0 Å². The van der Waals surface area contributed by atoms with Crippen molar-refractivity contribution in [3.63, 3.8) is 0 Å². The van der Waals surface area contributed by atoms with Gasteiger partial charge in [0.05, 0.1) is 5.51 Å². The summed E-state index contributed by atoms with van der Waals surface area (Å²) >= 11 is 1.56. The Morgan fingerprint density at radius 2 is 2.50 bits per heavy atom. The smallest absolute Gasteiger partial charge is 0.183 e. The van der Waals surface area contributed by atoms with Gasteiger partial charge >= 0.3 is 0 Å². The molecule has 0 amide bonds. The van der Waals surface area contributed by atoms with Crippen molar-refractivity contribution in [2.75, 3.05) is 0 Å². The zero-order chi connectivity index (χ0) is 8.39. The van der Waals surface area contributed by atoms with Crippen LogP contribution in [0.2, 0.25) is 0 Å². The fourth-order valence-corrected chi connectivity index (χ4v) is 1.54. The average Bonchev–Trinajstić information content (AvgIpc) is 2.74. The van der Waals surface area contributed by atoms with Crippen molar-refractivity contribution in [2.45, 2.75) is 13.5 Å². The van der Waals surface area contributed by atoms with Crippen LogP contribution in [0.3, 0.4) is 0 Å². The van der Waals surface area contributed by atoms with E-state index in [-0.39, 0.29) is 0 Å². The summed E-state index contributed by atoms with van der Waals surface area (Å²) in [7, 11) is 0. The second-order valence-corrected chi connectivity index (χ2v) is 3.03. The van der Waals surface area contributed by atoms with E-state index in [1.54, 1.807) is 23.2 Å². The second kappa shape index (κ2) is 3.02. The zero-order valence-electron chi connectivity index (χ0n) is 6.64. The highest BCUT2D eigenvalue weighted by molar-refractivity contribution is 7.07. The Bertz CT molecular complexity index is 351. The first-order chi connectivity index (χ1) is 5.92. The maximum absolute atomic E-state index is 4.16. The minimum atomic E-state index is 0.846. The van der Waals surface area contributed by atoms with E-state index in [0.717, 1.165) is 18.1 Å². The zero-order valence-corrected chi connectivity index (χ0v) is 7.45. The van der Waals surface area contributed by atoms with Crippen molar-refractivity contribution in [2.24, 2.45) is 0 Å². The maximum atomic E-state index is 4.16. The predicted octanol–water partition coefficient (Wildman–Crippen LogP) is 1.42. The van der Waals surface area contributed by atoms with Crippen LogP contribution >= 0.6 is 11.3 Å². The highest BCUT2D eigenvalue weighted by Crippen LogP contribution is 2.15. The lowest BCUT2D eigenvalue weighted by Gasteiger charge is -1.97. The molecule has 0 radical (unpaired) electrons. The summed E-state index contributed by atoms with van der Waals surface area (Å²) in [6.07, 6.45) is 1.72. The molecular formula is C7H8N4S. The van der Waals surface area contributed by atoms with E-state index in [1.165, 1.54) is 0 Å². The van der Waals surface area contributed by atoms with Gasteiger partial charge < -0.3 is 4.57 Å². The molecule has 0 spiro atoms. The van der Waals surface area contributed by atoms with Crippen LogP contribution in [0.5, 0.6) is 0 Å². The van der Waals surface area contributed by atoms with Crippen LogP contribution in [0, 0.1) is 0 Å². The summed E-state index contributed by atoms with van der Waals surface area (Å²) in [6, 6.07) is 0. The minimum Gasteiger partial charge on any atom is -0.313 e. The van der Waals surface area contributed by atoms with Crippen molar-refractivity contribution in [3.05, 3.63) is 17.2 Å². The van der Waals surface area contributed by atoms with Gasteiger partial charge in [0.1, 0.15) is 12.0 Å². The van der Waals surface area contributed by atoms with Crippen LogP contribution in [-0.2, 0) is 6.54 Å². The first-order valence-electron chi connectivity index (χ1n) is 3.68. The van der Waals surface area contributed by atoms with Gasteiger partial charge in [-0.25, -0.2) is 4.98 Å². The molecule has 0 aliphatic rings. The van der Waals surface area contributed by atoms with Crippen LogP contribution < -0.4 is 0 Å². The molecule has 62 valence electrons. The third kappa shape index (κ3) is 1.12. The molecule has 0 N–H and O–H groups in total. The summed E-state index contributed by atoms with van der Waals surface area (Å²) in [5.74, 6) is 0.846. The fraction of sp³-hybridized carbons (Fsp3) is 0.286. The van der Waals surface area contributed by atoms with E-state index in [2.05, 4.69) is 22.1 Å². The Kier molecular flexibility index (Phi) is 1.87. The first kappa shape index (κ1) is 7.42. The van der Waals surface area contributed by atoms with Crippen LogP contribution in [-0.4, -0.2) is 19.7 Å². The average molecular weight is 180 g/mol. The number of thiazole rings is 1. The van der Waals surface area contributed by atoms with E-state index in [1.807, 2.05) is 9.95 Å². The molecule has 0 atom stereocenters. The maximum Gasteiger partial charge on any atom is 0.183 e. The lowest BCUT2D eigenvalue weighted by atomic mass is 10.4. The highest BCUT2D eigenvalue weighted by Gasteiger charge is 2.06. The molecule has 4 nitrogen and oxygen atoms in total. The normalized spacial score (nSPS) is 10.4. The van der Waals surface area contributed by atoms with Gasteiger partial charge in [0.2, 0.25) is 0 Å². The van der Waals surface area contributed by atoms with Crippen molar-refractivity contribution in [1.82, 2.24) is 19.7 Å². The van der Waals surface area contributed by atoms with E-state index in [0.29, 0.717) is 0 Å². The van der Waals surface area contributed by atoms with Crippen molar-refractivity contribution in [1.29, 1.82) is 0 Å². The predicted molar refractivity (Wildman–Crippen MR) is 46.8 cm³/mol. The van der Waals surface area contributed by atoms with Gasteiger partial charge in [-0.3, -0.25) is 0 Å². The van der Waals surface area contributed by atoms with Crippen LogP contribution in [0.1, 0.15) is 6.92 Å². The summed E-state index contributed by atoms with van der Waals surface area (Å²) in [5, 5.41) is 9.78. The van der Waals surface area contributed by atoms with Gasteiger partial charge in [-0.15, -0.1) is 21.5 Å². The highest BCUT2D eigenvalue weighted by atomic mass is 32.1. The van der Waals surface area contributed by atoms with E-state index < -0.39 is 0 Å². The molecule has 12 heavy (non-hydrogen) atoms. The number of rotatable bonds is 2. The Morgan fingerprint density at radius 3 is 3.17 bits per heavy atom. The Morgan fingerprint density at radius 1 is 1.58 bits per heavy atom. The fourth-order valence-electron chi connectivity index (χ4n) is 1.01. The monoisotopic (exact) mass is 180 g/mol. The molecule has 2 aromatic heterocycles. The third-order valence-corrected chi connectivity index (χ3v) is 2.20. The molecular weight excluding hydrogens is 172 g/mol. The number of nitrogens with zero attached hydrogens (tertiary/aromatic N) is 4. The van der Waals surface area contributed by atoms with Gasteiger partial charge in [0.15, 0.2) is 5.82 Å². The Balaban J connectivity index is 2.46. The molecule has 0 aliphatic carbocycles. The second-order valence-electron chi connectivity index (χ2n) is 2.31. The Labute approximate surface area is 73.9 Å². The standard InChI is InChI=1S/C7H8N4S/c1-2-11-4-9-10-7(11)6-3-12-5-8-6/h3-5H,2H2,1H3. The number of hydrogen-bond acceptors (Lipinski definition) is 4. The number of hydrogen-bond donors (Lipinski definition) is 0. The van der Waals surface area contributed by atoms with Crippen LogP contribution in [0.4, 0.5) is 0 Å². The Hall–Kier alpha value is -1.23. The van der Waals surface area contributed by atoms with Crippen molar-refractivity contribution >= 4 is 11.3 Å². The molecule has 5 heteroatoms. The van der Waals surface area contributed by atoms with Crippen LogP contribution in [0.25, 0.3) is 11.5 Å². The molecule has 0 aromatic carbocycles. The van der Waals surface area contributed by atoms with Gasteiger partial charge in [0, 0.05) is 11.9 Å². The molecule has 0 fully saturated rings. The summed E-state index contributed by atoms with van der Waals surface area (Å²) in [5.41, 5.74) is 2.70. The number of aromatic nitrogens is 4. The number of aryl methyl sites for hydroxylation is 1. The van der Waals surface area contributed by atoms with E-state index >= 15 is 0 Å². The SMILES string of the molecule is CCn1cnnc1-c1cscn1. The topological polar surface area (TPSA) is 43.6 Å². The summed E-state index contributed by atoms with van der Waals surface area (Å²) in [6.45, 7) is 2.93. The third-order valence-electron chi connectivity index (χ3n) is 1.62. The van der Waals surface area contributed by atoms with Gasteiger partial charge in [0.25, 0.3) is 0 Å². The molecule has 2 heterocycles. The van der Waals surface area contributed by atoms with Gasteiger partial charge in [-0.2, -0.15) is 0 Å². The molecule has 2 rings (SSSR count). The lowest BCUT2D eigenvalue weighted by molar-refractivity contribution is 0.765. The summed E-state index contributed by atoms with van der Waals surface area (Å²) < 4.78 is 1.97.